The standard InChI is InChI=1S/C19H16O6/c1-12-9-18(20)25-17-11-15(5-6-16(12)17)24-8-7-23-14-4-2-3-13(10-14)19(21)22/h2-6,9-11H,7-8H2,1H3,(H,21,22). The molecular weight excluding hydrogens is 324 g/mol. The molecule has 3 rings (SSSR count). The Balaban J connectivity index is 1.61. The normalized spacial score (nSPS) is 10.6. The molecule has 25 heavy (non-hydrogen) atoms. The van der Waals surface area contributed by atoms with Gasteiger partial charge in [-0.1, -0.05) is 6.07 Å². The lowest BCUT2D eigenvalue weighted by Gasteiger charge is -2.09. The third-order valence-corrected chi connectivity index (χ3v) is 3.62. The predicted octanol–water partition coefficient (Wildman–Crippen LogP) is 3.26. The lowest BCUT2D eigenvalue weighted by Crippen LogP contribution is -2.09. The van der Waals surface area contributed by atoms with Crippen molar-refractivity contribution in [2.75, 3.05) is 13.2 Å². The van der Waals surface area contributed by atoms with E-state index in [-0.39, 0.29) is 18.8 Å². The molecular formula is C19H16O6. The lowest BCUT2D eigenvalue weighted by atomic mass is 10.1. The van der Waals surface area contributed by atoms with Gasteiger partial charge in [0.25, 0.3) is 0 Å². The largest absolute Gasteiger partial charge is 0.490 e. The molecule has 6 heteroatoms. The fraction of sp³-hybridized carbons (Fsp3) is 0.158. The third-order valence-electron chi connectivity index (χ3n) is 3.62. The topological polar surface area (TPSA) is 86.0 Å². The fourth-order valence-electron chi connectivity index (χ4n) is 2.43. The molecule has 0 bridgehead atoms. The average Bonchev–Trinajstić information content (AvgIpc) is 2.58. The molecule has 0 aliphatic rings. The van der Waals surface area contributed by atoms with Crippen molar-refractivity contribution in [3.8, 4) is 11.5 Å². The van der Waals surface area contributed by atoms with Crippen molar-refractivity contribution in [2.45, 2.75) is 6.92 Å². The Hall–Kier alpha value is -3.28. The highest BCUT2D eigenvalue weighted by Gasteiger charge is 2.05. The third kappa shape index (κ3) is 3.98. The molecule has 1 N–H and O–H groups in total. The molecule has 128 valence electrons. The number of aryl methyl sites for hydroxylation is 1. The summed E-state index contributed by atoms with van der Waals surface area (Å²) in [5.74, 6) is 0.0161. The van der Waals surface area contributed by atoms with Gasteiger partial charge in [0.2, 0.25) is 0 Å². The summed E-state index contributed by atoms with van der Waals surface area (Å²) in [5, 5.41) is 9.80. The summed E-state index contributed by atoms with van der Waals surface area (Å²) in [7, 11) is 0. The molecule has 0 aliphatic carbocycles. The van der Waals surface area contributed by atoms with Crippen LogP contribution in [0.4, 0.5) is 0 Å². The summed E-state index contributed by atoms with van der Waals surface area (Å²) in [4.78, 5) is 22.4. The first-order valence-corrected chi connectivity index (χ1v) is 7.66. The Kier molecular flexibility index (Phi) is 4.70. The second-order valence-electron chi connectivity index (χ2n) is 5.44. The molecule has 0 radical (unpaired) electrons. The Morgan fingerprint density at radius 1 is 1.04 bits per heavy atom. The number of hydrogen-bond acceptors (Lipinski definition) is 5. The Labute approximate surface area is 143 Å². The Bertz CT molecular complexity index is 973. The van der Waals surface area contributed by atoms with Gasteiger partial charge in [-0.3, -0.25) is 0 Å². The summed E-state index contributed by atoms with van der Waals surface area (Å²) < 4.78 is 16.2. The van der Waals surface area contributed by atoms with E-state index in [0.717, 1.165) is 10.9 Å². The van der Waals surface area contributed by atoms with Gasteiger partial charge in [-0.15, -0.1) is 0 Å². The Morgan fingerprint density at radius 3 is 2.48 bits per heavy atom. The molecule has 0 fully saturated rings. The fourth-order valence-corrected chi connectivity index (χ4v) is 2.43. The highest BCUT2D eigenvalue weighted by atomic mass is 16.5. The van der Waals surface area contributed by atoms with E-state index in [1.165, 1.54) is 18.2 Å². The van der Waals surface area contributed by atoms with E-state index >= 15 is 0 Å². The summed E-state index contributed by atoms with van der Waals surface area (Å²) in [5.41, 5.74) is 1.08. The van der Waals surface area contributed by atoms with Crippen molar-refractivity contribution >= 4 is 16.9 Å². The molecule has 0 amide bonds. The number of fused-ring (bicyclic) bond motifs is 1. The van der Waals surface area contributed by atoms with Gasteiger partial charge in [0.1, 0.15) is 30.3 Å². The van der Waals surface area contributed by atoms with Gasteiger partial charge < -0.3 is 19.0 Å². The zero-order chi connectivity index (χ0) is 17.8. The van der Waals surface area contributed by atoms with E-state index in [1.807, 2.05) is 13.0 Å². The number of hydrogen-bond donors (Lipinski definition) is 1. The van der Waals surface area contributed by atoms with Gasteiger partial charge in [0, 0.05) is 17.5 Å². The minimum atomic E-state index is -1.00. The molecule has 0 saturated carbocycles. The molecule has 0 saturated heterocycles. The second-order valence-corrected chi connectivity index (χ2v) is 5.44. The van der Waals surface area contributed by atoms with E-state index in [1.54, 1.807) is 24.3 Å². The van der Waals surface area contributed by atoms with E-state index in [0.29, 0.717) is 17.1 Å². The maximum Gasteiger partial charge on any atom is 0.336 e. The number of ether oxygens (including phenoxy) is 2. The quantitative estimate of drug-likeness (QED) is 0.547. The second kappa shape index (κ2) is 7.09. The minimum Gasteiger partial charge on any atom is -0.490 e. The van der Waals surface area contributed by atoms with Crippen LogP contribution in [-0.4, -0.2) is 24.3 Å². The number of carboxylic acid groups (broad SMARTS) is 1. The maximum absolute atomic E-state index is 11.4. The zero-order valence-electron chi connectivity index (χ0n) is 13.5. The molecule has 1 aromatic heterocycles. The highest BCUT2D eigenvalue weighted by molar-refractivity contribution is 5.88. The van der Waals surface area contributed by atoms with E-state index in [2.05, 4.69) is 0 Å². The van der Waals surface area contributed by atoms with E-state index < -0.39 is 11.6 Å². The van der Waals surface area contributed by atoms with Crippen molar-refractivity contribution in [1.82, 2.24) is 0 Å². The number of aromatic carboxylic acids is 1. The predicted molar refractivity (Wildman–Crippen MR) is 91.6 cm³/mol. The smallest absolute Gasteiger partial charge is 0.336 e. The first-order valence-electron chi connectivity index (χ1n) is 7.66. The summed E-state index contributed by atoms with van der Waals surface area (Å²) in [6.45, 7) is 2.36. The Morgan fingerprint density at radius 2 is 1.76 bits per heavy atom. The van der Waals surface area contributed by atoms with Gasteiger partial charge in [-0.2, -0.15) is 0 Å². The summed E-state index contributed by atoms with van der Waals surface area (Å²) in [6.07, 6.45) is 0. The molecule has 0 spiro atoms. The van der Waals surface area contributed by atoms with Gasteiger partial charge in [-0.05, 0) is 42.8 Å². The van der Waals surface area contributed by atoms with Gasteiger partial charge in [-0.25, -0.2) is 9.59 Å². The summed E-state index contributed by atoms with van der Waals surface area (Å²) in [6, 6.07) is 13.0. The number of benzene rings is 2. The van der Waals surface area contributed by atoms with Crippen LogP contribution in [0.25, 0.3) is 11.0 Å². The van der Waals surface area contributed by atoms with E-state index in [9.17, 15) is 9.59 Å². The maximum atomic E-state index is 11.4. The molecule has 0 unspecified atom stereocenters. The van der Waals surface area contributed by atoms with Crippen LogP contribution >= 0.6 is 0 Å². The number of carbonyl (C=O) groups is 1. The van der Waals surface area contributed by atoms with Crippen LogP contribution in [0.3, 0.4) is 0 Å². The van der Waals surface area contributed by atoms with Crippen molar-refractivity contribution in [2.24, 2.45) is 0 Å². The van der Waals surface area contributed by atoms with Gasteiger partial charge >= 0.3 is 11.6 Å². The van der Waals surface area contributed by atoms with Crippen molar-refractivity contribution in [1.29, 1.82) is 0 Å². The average molecular weight is 340 g/mol. The first-order chi connectivity index (χ1) is 12.0. The molecule has 0 aliphatic heterocycles. The first kappa shape index (κ1) is 16.6. The van der Waals surface area contributed by atoms with Crippen LogP contribution in [-0.2, 0) is 0 Å². The van der Waals surface area contributed by atoms with E-state index in [4.69, 9.17) is 19.0 Å². The van der Waals surface area contributed by atoms with Crippen LogP contribution in [0.2, 0.25) is 0 Å². The van der Waals surface area contributed by atoms with Crippen LogP contribution in [0.15, 0.2) is 57.7 Å². The van der Waals surface area contributed by atoms with Crippen LogP contribution in [0.5, 0.6) is 11.5 Å². The van der Waals surface area contributed by atoms with Crippen molar-refractivity contribution in [3.05, 3.63) is 70.1 Å². The highest BCUT2D eigenvalue weighted by Crippen LogP contribution is 2.22. The summed E-state index contributed by atoms with van der Waals surface area (Å²) >= 11 is 0. The minimum absolute atomic E-state index is 0.165. The zero-order valence-corrected chi connectivity index (χ0v) is 13.5. The number of rotatable bonds is 6. The van der Waals surface area contributed by atoms with Crippen molar-refractivity contribution in [3.63, 3.8) is 0 Å². The monoisotopic (exact) mass is 340 g/mol. The molecule has 2 aromatic carbocycles. The lowest BCUT2D eigenvalue weighted by molar-refractivity contribution is 0.0696. The molecule has 0 atom stereocenters. The van der Waals surface area contributed by atoms with Crippen LogP contribution < -0.4 is 15.1 Å². The van der Waals surface area contributed by atoms with Gasteiger partial charge in [0.05, 0.1) is 5.56 Å². The molecule has 3 aromatic rings. The molecule has 1 heterocycles. The van der Waals surface area contributed by atoms with Crippen LogP contribution in [0, 0.1) is 6.92 Å². The number of carboxylic acids is 1. The van der Waals surface area contributed by atoms with Crippen LogP contribution in [0.1, 0.15) is 15.9 Å². The SMILES string of the molecule is Cc1cc(=O)oc2cc(OCCOc3cccc(C(=O)O)c3)ccc12. The molecule has 6 nitrogen and oxygen atoms in total. The van der Waals surface area contributed by atoms with Gasteiger partial charge in [0.15, 0.2) is 0 Å². The van der Waals surface area contributed by atoms with Crippen molar-refractivity contribution < 1.29 is 23.8 Å².